The SMILES string of the molecule is Cc1nnc(NS(=O)(=O)N2CCCCC2CN)nc1C. The molecule has 1 atom stereocenters. The van der Waals surface area contributed by atoms with Gasteiger partial charge in [0.2, 0.25) is 0 Å². The van der Waals surface area contributed by atoms with Gasteiger partial charge in [0.25, 0.3) is 5.95 Å². The summed E-state index contributed by atoms with van der Waals surface area (Å²) in [6.07, 6.45) is 2.61. The Kier molecular flexibility index (Phi) is 4.51. The Labute approximate surface area is 119 Å². The van der Waals surface area contributed by atoms with Crippen LogP contribution in [-0.4, -0.2) is 47.0 Å². The number of nitrogens with two attached hydrogens (primary N) is 1. The highest BCUT2D eigenvalue weighted by Gasteiger charge is 2.32. The van der Waals surface area contributed by atoms with E-state index in [2.05, 4.69) is 19.9 Å². The third kappa shape index (κ3) is 3.22. The van der Waals surface area contributed by atoms with E-state index in [-0.39, 0.29) is 12.0 Å². The average Bonchev–Trinajstić information content (AvgIpc) is 2.42. The summed E-state index contributed by atoms with van der Waals surface area (Å²) in [5.41, 5.74) is 6.97. The van der Waals surface area contributed by atoms with Crippen LogP contribution in [0.3, 0.4) is 0 Å². The van der Waals surface area contributed by atoms with Crippen molar-refractivity contribution in [2.75, 3.05) is 17.8 Å². The summed E-state index contributed by atoms with van der Waals surface area (Å²) in [4.78, 5) is 4.08. The molecule has 0 aromatic carbocycles. The van der Waals surface area contributed by atoms with Gasteiger partial charge in [-0.15, -0.1) is 5.10 Å². The van der Waals surface area contributed by atoms with E-state index in [0.717, 1.165) is 19.3 Å². The zero-order valence-corrected chi connectivity index (χ0v) is 12.5. The molecule has 2 heterocycles. The number of nitrogens with zero attached hydrogens (tertiary/aromatic N) is 4. The molecule has 1 fully saturated rings. The highest BCUT2D eigenvalue weighted by atomic mass is 32.2. The molecule has 112 valence electrons. The van der Waals surface area contributed by atoms with Crippen LogP contribution in [0.1, 0.15) is 30.7 Å². The fourth-order valence-corrected chi connectivity index (χ4v) is 3.59. The first-order chi connectivity index (χ1) is 9.44. The van der Waals surface area contributed by atoms with Crippen molar-refractivity contribution in [2.45, 2.75) is 39.2 Å². The van der Waals surface area contributed by atoms with Gasteiger partial charge in [-0.1, -0.05) is 6.42 Å². The predicted molar refractivity (Wildman–Crippen MR) is 75.2 cm³/mol. The van der Waals surface area contributed by atoms with Crippen LogP contribution in [0.2, 0.25) is 0 Å². The second-order valence-electron chi connectivity index (χ2n) is 4.91. The minimum Gasteiger partial charge on any atom is -0.329 e. The number of anilines is 1. The Bertz CT molecular complexity index is 576. The molecule has 9 heteroatoms. The van der Waals surface area contributed by atoms with Gasteiger partial charge in [-0.2, -0.15) is 17.8 Å². The fourth-order valence-electron chi connectivity index (χ4n) is 2.20. The average molecular weight is 300 g/mol. The Balaban J connectivity index is 2.19. The molecule has 0 saturated carbocycles. The minimum absolute atomic E-state index is 0.00514. The first-order valence-electron chi connectivity index (χ1n) is 6.61. The Morgan fingerprint density at radius 2 is 2.05 bits per heavy atom. The van der Waals surface area contributed by atoms with Crippen molar-refractivity contribution in [3.05, 3.63) is 11.4 Å². The molecule has 8 nitrogen and oxygen atoms in total. The largest absolute Gasteiger partial charge is 0.329 e. The van der Waals surface area contributed by atoms with Crippen molar-refractivity contribution in [1.29, 1.82) is 0 Å². The van der Waals surface area contributed by atoms with E-state index < -0.39 is 10.2 Å². The number of piperidine rings is 1. The molecular formula is C11H20N6O2S. The van der Waals surface area contributed by atoms with Crippen LogP contribution in [0, 0.1) is 13.8 Å². The zero-order valence-electron chi connectivity index (χ0n) is 11.7. The molecule has 1 unspecified atom stereocenters. The monoisotopic (exact) mass is 300 g/mol. The van der Waals surface area contributed by atoms with E-state index in [1.807, 2.05) is 0 Å². The molecule has 0 bridgehead atoms. The molecular weight excluding hydrogens is 280 g/mol. The van der Waals surface area contributed by atoms with Crippen LogP contribution >= 0.6 is 0 Å². The Hall–Kier alpha value is -1.32. The molecule has 0 amide bonds. The second-order valence-corrected chi connectivity index (χ2v) is 6.53. The van der Waals surface area contributed by atoms with Crippen molar-refractivity contribution in [3.63, 3.8) is 0 Å². The topological polar surface area (TPSA) is 114 Å². The fraction of sp³-hybridized carbons (Fsp3) is 0.727. The van der Waals surface area contributed by atoms with Gasteiger partial charge in [0, 0.05) is 19.1 Å². The number of rotatable bonds is 4. The van der Waals surface area contributed by atoms with Crippen molar-refractivity contribution >= 4 is 16.2 Å². The summed E-state index contributed by atoms with van der Waals surface area (Å²) >= 11 is 0. The summed E-state index contributed by atoms with van der Waals surface area (Å²) in [7, 11) is -3.69. The van der Waals surface area contributed by atoms with Crippen LogP contribution in [-0.2, 0) is 10.2 Å². The van der Waals surface area contributed by atoms with E-state index >= 15 is 0 Å². The maximum absolute atomic E-state index is 12.4. The number of nitrogens with one attached hydrogen (secondary N) is 1. The molecule has 1 aromatic heterocycles. The maximum atomic E-state index is 12.4. The van der Waals surface area contributed by atoms with Crippen LogP contribution < -0.4 is 10.5 Å². The molecule has 1 aliphatic rings. The van der Waals surface area contributed by atoms with E-state index in [0.29, 0.717) is 24.5 Å². The zero-order chi connectivity index (χ0) is 14.8. The van der Waals surface area contributed by atoms with Crippen molar-refractivity contribution in [3.8, 4) is 0 Å². The molecule has 0 aliphatic carbocycles. The molecule has 20 heavy (non-hydrogen) atoms. The highest BCUT2D eigenvalue weighted by Crippen LogP contribution is 2.20. The maximum Gasteiger partial charge on any atom is 0.304 e. The molecule has 2 rings (SSSR count). The van der Waals surface area contributed by atoms with Gasteiger partial charge in [0.05, 0.1) is 11.4 Å². The lowest BCUT2D eigenvalue weighted by atomic mass is 10.1. The van der Waals surface area contributed by atoms with Crippen LogP contribution in [0.5, 0.6) is 0 Å². The highest BCUT2D eigenvalue weighted by molar-refractivity contribution is 7.90. The van der Waals surface area contributed by atoms with Gasteiger partial charge >= 0.3 is 10.2 Å². The lowest BCUT2D eigenvalue weighted by molar-refractivity contribution is 0.259. The van der Waals surface area contributed by atoms with Crippen molar-refractivity contribution < 1.29 is 8.42 Å². The van der Waals surface area contributed by atoms with Crippen LogP contribution in [0.15, 0.2) is 0 Å². The standard InChI is InChI=1S/C11H20N6O2S/c1-8-9(2)14-15-11(13-8)16-20(18,19)17-6-4-3-5-10(17)7-12/h10H,3-7,12H2,1-2H3,(H,13,15,16). The van der Waals surface area contributed by atoms with Crippen LogP contribution in [0.25, 0.3) is 0 Å². The number of aryl methyl sites for hydroxylation is 2. The summed E-state index contributed by atoms with van der Waals surface area (Å²) in [6, 6.07) is -0.166. The third-order valence-electron chi connectivity index (χ3n) is 3.47. The molecule has 1 aromatic rings. The van der Waals surface area contributed by atoms with Crippen molar-refractivity contribution in [1.82, 2.24) is 19.5 Å². The van der Waals surface area contributed by atoms with Gasteiger partial charge in [-0.05, 0) is 26.7 Å². The minimum atomic E-state index is -3.69. The van der Waals surface area contributed by atoms with Gasteiger partial charge in [-0.3, -0.25) is 0 Å². The number of hydrogen-bond acceptors (Lipinski definition) is 6. The third-order valence-corrected chi connectivity index (χ3v) is 5.00. The first-order valence-corrected chi connectivity index (χ1v) is 8.05. The summed E-state index contributed by atoms with van der Waals surface area (Å²) < 4.78 is 28.5. The van der Waals surface area contributed by atoms with Crippen molar-refractivity contribution in [2.24, 2.45) is 5.73 Å². The predicted octanol–water partition coefficient (Wildman–Crippen LogP) is -0.0417. The summed E-state index contributed by atoms with van der Waals surface area (Å²) in [5, 5.41) is 7.63. The smallest absolute Gasteiger partial charge is 0.304 e. The van der Waals surface area contributed by atoms with E-state index in [9.17, 15) is 8.42 Å². The van der Waals surface area contributed by atoms with E-state index in [1.165, 1.54) is 4.31 Å². The van der Waals surface area contributed by atoms with Gasteiger partial charge in [-0.25, -0.2) is 9.71 Å². The van der Waals surface area contributed by atoms with E-state index in [4.69, 9.17) is 5.73 Å². The lowest BCUT2D eigenvalue weighted by Gasteiger charge is -2.33. The normalized spacial score (nSPS) is 20.9. The van der Waals surface area contributed by atoms with Crippen LogP contribution in [0.4, 0.5) is 5.95 Å². The molecule has 0 spiro atoms. The molecule has 0 radical (unpaired) electrons. The Morgan fingerprint density at radius 3 is 2.70 bits per heavy atom. The molecule has 3 N–H and O–H groups in total. The van der Waals surface area contributed by atoms with Gasteiger partial charge in [0.15, 0.2) is 0 Å². The van der Waals surface area contributed by atoms with Gasteiger partial charge < -0.3 is 5.73 Å². The lowest BCUT2D eigenvalue weighted by Crippen LogP contribution is -2.49. The molecule has 1 saturated heterocycles. The van der Waals surface area contributed by atoms with Gasteiger partial charge in [0.1, 0.15) is 0 Å². The van der Waals surface area contributed by atoms with E-state index in [1.54, 1.807) is 13.8 Å². The first kappa shape index (κ1) is 15.1. The number of hydrogen-bond donors (Lipinski definition) is 2. The quantitative estimate of drug-likeness (QED) is 0.806. The summed E-state index contributed by atoms with van der Waals surface area (Å²) in [5.74, 6) is -0.00514. The Morgan fingerprint density at radius 1 is 1.30 bits per heavy atom. The summed E-state index contributed by atoms with van der Waals surface area (Å²) in [6.45, 7) is 4.30. The molecule has 1 aliphatic heterocycles. The second kappa shape index (κ2) is 5.98. The number of aromatic nitrogens is 3.